The lowest BCUT2D eigenvalue weighted by atomic mass is 10.1. The highest BCUT2D eigenvalue weighted by Gasteiger charge is 1.96. The number of aliphatic hydroxyl groups excluding tert-OH is 1. The van der Waals surface area contributed by atoms with E-state index in [1.54, 1.807) is 0 Å². The summed E-state index contributed by atoms with van der Waals surface area (Å²) in [6.07, 6.45) is 18.2. The summed E-state index contributed by atoms with van der Waals surface area (Å²) < 4.78 is 0. The van der Waals surface area contributed by atoms with E-state index in [1.165, 1.54) is 51.4 Å². The molecular weight excluding hydrogens is 208 g/mol. The Morgan fingerprint density at radius 2 is 1.41 bits per heavy atom. The Labute approximate surface area is 108 Å². The maximum atomic E-state index is 9.37. The zero-order chi connectivity index (χ0) is 12.8. The number of aliphatic hydroxyl groups is 1. The van der Waals surface area contributed by atoms with Crippen LogP contribution in [-0.2, 0) is 0 Å². The molecule has 0 aliphatic rings. The van der Waals surface area contributed by atoms with Crippen LogP contribution >= 0.6 is 0 Å². The number of hydrogen-bond donors (Lipinski definition) is 1. The summed E-state index contributed by atoms with van der Waals surface area (Å²) >= 11 is 0. The highest BCUT2D eigenvalue weighted by atomic mass is 16.3. The van der Waals surface area contributed by atoms with E-state index < -0.39 is 0 Å². The van der Waals surface area contributed by atoms with Gasteiger partial charge < -0.3 is 5.11 Å². The largest absolute Gasteiger partial charge is 0.393 e. The minimum atomic E-state index is -0.0989. The van der Waals surface area contributed by atoms with Gasteiger partial charge in [0.05, 0.1) is 6.10 Å². The lowest BCUT2D eigenvalue weighted by Crippen LogP contribution is -2.02. The molecule has 1 nitrogen and oxygen atoms in total. The van der Waals surface area contributed by atoms with Crippen molar-refractivity contribution in [3.05, 3.63) is 12.2 Å². The number of hydrogen-bond acceptors (Lipinski definition) is 1. The van der Waals surface area contributed by atoms with Crippen LogP contribution in [0.3, 0.4) is 0 Å². The summed E-state index contributed by atoms with van der Waals surface area (Å²) in [6.45, 7) is 4.30. The van der Waals surface area contributed by atoms with Crippen molar-refractivity contribution in [3.8, 4) is 0 Å². The van der Waals surface area contributed by atoms with E-state index in [1.807, 2.05) is 6.92 Å². The fourth-order valence-electron chi connectivity index (χ4n) is 1.95. The molecule has 102 valence electrons. The zero-order valence-electron chi connectivity index (χ0n) is 12.0. The number of unbranched alkanes of at least 4 members (excludes halogenated alkanes) is 7. The van der Waals surface area contributed by atoms with Crippen molar-refractivity contribution < 1.29 is 5.11 Å². The van der Waals surface area contributed by atoms with Crippen molar-refractivity contribution in [2.45, 2.75) is 90.6 Å². The van der Waals surface area contributed by atoms with E-state index in [9.17, 15) is 5.11 Å². The standard InChI is InChI=1S/C16H32O/c1-3-5-6-7-8-9-10-11-12-13-14-15-16(17)4-2/h12-13,16-17H,3-11,14-15H2,1-2H3. The second-order valence-electron chi connectivity index (χ2n) is 5.02. The van der Waals surface area contributed by atoms with Gasteiger partial charge >= 0.3 is 0 Å². The molecule has 0 aromatic carbocycles. The third kappa shape index (κ3) is 13.6. The summed E-state index contributed by atoms with van der Waals surface area (Å²) in [5.74, 6) is 0. The van der Waals surface area contributed by atoms with Gasteiger partial charge in [0.2, 0.25) is 0 Å². The molecule has 0 spiro atoms. The molecular formula is C16H32O. The SMILES string of the molecule is CCCCCCCCCC=CCCC(O)CC. The molecule has 0 saturated heterocycles. The van der Waals surface area contributed by atoms with Crippen LogP contribution in [0.5, 0.6) is 0 Å². The van der Waals surface area contributed by atoms with Gasteiger partial charge in [-0.25, -0.2) is 0 Å². The van der Waals surface area contributed by atoms with Crippen molar-refractivity contribution in [2.75, 3.05) is 0 Å². The topological polar surface area (TPSA) is 20.2 Å². The summed E-state index contributed by atoms with van der Waals surface area (Å²) in [7, 11) is 0. The third-order valence-corrected chi connectivity index (χ3v) is 3.28. The van der Waals surface area contributed by atoms with Gasteiger partial charge in [-0.3, -0.25) is 0 Å². The molecule has 0 radical (unpaired) electrons. The normalized spacial score (nSPS) is 13.4. The van der Waals surface area contributed by atoms with Gasteiger partial charge in [0, 0.05) is 0 Å². The van der Waals surface area contributed by atoms with Crippen LogP contribution in [0.15, 0.2) is 12.2 Å². The van der Waals surface area contributed by atoms with Crippen LogP contribution in [0.25, 0.3) is 0 Å². The van der Waals surface area contributed by atoms with Gasteiger partial charge in [-0.05, 0) is 32.1 Å². The first-order valence-electron chi connectivity index (χ1n) is 7.64. The number of allylic oxidation sites excluding steroid dienone is 2. The fourth-order valence-corrected chi connectivity index (χ4v) is 1.95. The molecule has 0 aliphatic heterocycles. The van der Waals surface area contributed by atoms with Gasteiger partial charge in [0.25, 0.3) is 0 Å². The van der Waals surface area contributed by atoms with Crippen LogP contribution in [-0.4, -0.2) is 11.2 Å². The molecule has 0 aromatic rings. The number of rotatable bonds is 12. The van der Waals surface area contributed by atoms with Gasteiger partial charge in [-0.2, -0.15) is 0 Å². The summed E-state index contributed by atoms with van der Waals surface area (Å²) in [6, 6.07) is 0. The monoisotopic (exact) mass is 240 g/mol. The van der Waals surface area contributed by atoms with Crippen LogP contribution in [0.1, 0.15) is 84.5 Å². The minimum absolute atomic E-state index is 0.0989. The van der Waals surface area contributed by atoms with Crippen LogP contribution in [0, 0.1) is 0 Å². The van der Waals surface area contributed by atoms with Gasteiger partial charge in [0.15, 0.2) is 0 Å². The maximum Gasteiger partial charge on any atom is 0.0540 e. The van der Waals surface area contributed by atoms with Gasteiger partial charge in [-0.1, -0.05) is 64.5 Å². The first-order chi connectivity index (χ1) is 8.31. The highest BCUT2D eigenvalue weighted by Crippen LogP contribution is 2.09. The van der Waals surface area contributed by atoms with Gasteiger partial charge in [0.1, 0.15) is 0 Å². The van der Waals surface area contributed by atoms with Crippen LogP contribution < -0.4 is 0 Å². The quantitative estimate of drug-likeness (QED) is 0.365. The van der Waals surface area contributed by atoms with Crippen molar-refractivity contribution in [1.29, 1.82) is 0 Å². The molecule has 0 aromatic heterocycles. The Morgan fingerprint density at radius 3 is 2.06 bits per heavy atom. The van der Waals surface area contributed by atoms with E-state index in [0.717, 1.165) is 19.3 Å². The lowest BCUT2D eigenvalue weighted by Gasteiger charge is -2.03. The smallest absolute Gasteiger partial charge is 0.0540 e. The van der Waals surface area contributed by atoms with E-state index in [-0.39, 0.29) is 6.10 Å². The minimum Gasteiger partial charge on any atom is -0.393 e. The predicted octanol–water partition coefficient (Wildman–Crippen LogP) is 5.23. The lowest BCUT2D eigenvalue weighted by molar-refractivity contribution is 0.161. The van der Waals surface area contributed by atoms with Crippen LogP contribution in [0.4, 0.5) is 0 Å². The van der Waals surface area contributed by atoms with E-state index in [2.05, 4.69) is 19.1 Å². The molecule has 1 N–H and O–H groups in total. The molecule has 0 saturated carbocycles. The highest BCUT2D eigenvalue weighted by molar-refractivity contribution is 4.82. The average molecular weight is 240 g/mol. The molecule has 0 fully saturated rings. The molecule has 17 heavy (non-hydrogen) atoms. The molecule has 0 aliphatic carbocycles. The van der Waals surface area contributed by atoms with Crippen LogP contribution in [0.2, 0.25) is 0 Å². The second-order valence-corrected chi connectivity index (χ2v) is 5.02. The molecule has 0 bridgehead atoms. The third-order valence-electron chi connectivity index (χ3n) is 3.28. The second kappa shape index (κ2) is 13.8. The molecule has 0 rings (SSSR count). The van der Waals surface area contributed by atoms with Crippen molar-refractivity contribution in [1.82, 2.24) is 0 Å². The summed E-state index contributed by atoms with van der Waals surface area (Å²) in [4.78, 5) is 0. The van der Waals surface area contributed by atoms with Crippen molar-refractivity contribution >= 4 is 0 Å². The van der Waals surface area contributed by atoms with Crippen molar-refractivity contribution in [2.24, 2.45) is 0 Å². The van der Waals surface area contributed by atoms with E-state index >= 15 is 0 Å². The maximum absolute atomic E-state index is 9.37. The predicted molar refractivity (Wildman–Crippen MR) is 77.3 cm³/mol. The Morgan fingerprint density at radius 1 is 0.824 bits per heavy atom. The van der Waals surface area contributed by atoms with E-state index in [0.29, 0.717) is 0 Å². The molecule has 1 unspecified atom stereocenters. The molecule has 1 heteroatoms. The fraction of sp³-hybridized carbons (Fsp3) is 0.875. The average Bonchev–Trinajstić information content (AvgIpc) is 2.35. The van der Waals surface area contributed by atoms with E-state index in [4.69, 9.17) is 0 Å². The zero-order valence-corrected chi connectivity index (χ0v) is 12.0. The Hall–Kier alpha value is -0.300. The Bertz CT molecular complexity index is 163. The molecule has 0 heterocycles. The molecule has 1 atom stereocenters. The Balaban J connectivity index is 3.09. The molecule has 0 amide bonds. The summed E-state index contributed by atoms with van der Waals surface area (Å²) in [5.41, 5.74) is 0. The van der Waals surface area contributed by atoms with Gasteiger partial charge in [-0.15, -0.1) is 0 Å². The summed E-state index contributed by atoms with van der Waals surface area (Å²) in [5, 5.41) is 9.37. The van der Waals surface area contributed by atoms with Crippen molar-refractivity contribution in [3.63, 3.8) is 0 Å². The Kier molecular flexibility index (Phi) is 13.5. The first kappa shape index (κ1) is 16.7. The first-order valence-corrected chi connectivity index (χ1v) is 7.64.